The number of nitrogens with one attached hydrogen (secondary N) is 1. The number of rotatable bonds is 8. The van der Waals surface area contributed by atoms with Crippen molar-refractivity contribution in [2.45, 2.75) is 32.9 Å². The van der Waals surface area contributed by atoms with Gasteiger partial charge in [-0.25, -0.2) is 4.79 Å². The van der Waals surface area contributed by atoms with E-state index in [-0.39, 0.29) is 12.5 Å². The molecule has 1 heterocycles. The first-order valence-corrected chi connectivity index (χ1v) is 10.6. The van der Waals surface area contributed by atoms with Gasteiger partial charge in [-0.3, -0.25) is 9.69 Å². The molecular formula is C24H31N3O3. The molecule has 1 saturated heterocycles. The largest absolute Gasteiger partial charge is 0.445 e. The van der Waals surface area contributed by atoms with Crippen LogP contribution in [0.5, 0.6) is 0 Å². The van der Waals surface area contributed by atoms with Crippen LogP contribution in [0.2, 0.25) is 0 Å². The van der Waals surface area contributed by atoms with E-state index in [0.717, 1.165) is 38.3 Å². The van der Waals surface area contributed by atoms with E-state index < -0.39 is 6.09 Å². The van der Waals surface area contributed by atoms with Crippen molar-refractivity contribution in [3.63, 3.8) is 0 Å². The molecule has 0 spiro atoms. The third-order valence-corrected chi connectivity index (χ3v) is 5.43. The minimum Gasteiger partial charge on any atom is -0.445 e. The summed E-state index contributed by atoms with van der Waals surface area (Å²) in [7, 11) is 0. The van der Waals surface area contributed by atoms with Gasteiger partial charge in [0.1, 0.15) is 6.61 Å². The maximum atomic E-state index is 12.4. The van der Waals surface area contributed by atoms with Crippen LogP contribution < -0.4 is 5.32 Å². The minimum absolute atomic E-state index is 0.157. The summed E-state index contributed by atoms with van der Waals surface area (Å²) in [5.74, 6) is 0.157. The fourth-order valence-electron chi connectivity index (χ4n) is 3.55. The predicted octanol–water partition coefficient (Wildman–Crippen LogP) is 3.35. The molecule has 2 aromatic rings. The van der Waals surface area contributed by atoms with Crippen LogP contribution >= 0.6 is 0 Å². The maximum absolute atomic E-state index is 12.4. The molecule has 6 heteroatoms. The molecule has 6 nitrogen and oxygen atoms in total. The second-order valence-corrected chi connectivity index (χ2v) is 7.68. The number of hydrogen-bond acceptors (Lipinski definition) is 4. The van der Waals surface area contributed by atoms with Crippen LogP contribution in [0.25, 0.3) is 0 Å². The van der Waals surface area contributed by atoms with Crippen LogP contribution in [0, 0.1) is 6.92 Å². The van der Waals surface area contributed by atoms with Crippen LogP contribution in [0.4, 0.5) is 4.79 Å². The number of hydrogen-bond donors (Lipinski definition) is 1. The SMILES string of the molecule is Cc1ccccc1CN1CCN(C(=O)CCCNC(=O)OCc2ccccc2)CC1. The Kier molecular flexibility index (Phi) is 8.27. The van der Waals surface area contributed by atoms with Gasteiger partial charge in [-0.05, 0) is 30.0 Å². The molecule has 0 saturated carbocycles. The number of alkyl carbamates (subject to hydrolysis) is 1. The van der Waals surface area contributed by atoms with Crippen molar-refractivity contribution >= 4 is 12.0 Å². The summed E-state index contributed by atoms with van der Waals surface area (Å²) in [4.78, 5) is 28.5. The molecule has 1 aliphatic rings. The molecule has 0 atom stereocenters. The molecular weight excluding hydrogens is 378 g/mol. The van der Waals surface area contributed by atoms with E-state index in [1.807, 2.05) is 35.2 Å². The Morgan fingerprint density at radius 1 is 0.967 bits per heavy atom. The summed E-state index contributed by atoms with van der Waals surface area (Å²) >= 11 is 0. The van der Waals surface area contributed by atoms with Gasteiger partial charge in [0.2, 0.25) is 5.91 Å². The molecule has 0 aromatic heterocycles. The molecule has 30 heavy (non-hydrogen) atoms. The Morgan fingerprint density at radius 2 is 1.67 bits per heavy atom. The van der Waals surface area contributed by atoms with Gasteiger partial charge in [-0.15, -0.1) is 0 Å². The van der Waals surface area contributed by atoms with Gasteiger partial charge < -0.3 is 15.0 Å². The van der Waals surface area contributed by atoms with Gasteiger partial charge in [0.15, 0.2) is 0 Å². The minimum atomic E-state index is -0.448. The molecule has 1 N–H and O–H groups in total. The molecule has 160 valence electrons. The van der Waals surface area contributed by atoms with E-state index in [9.17, 15) is 9.59 Å². The first-order valence-electron chi connectivity index (χ1n) is 10.6. The van der Waals surface area contributed by atoms with Crippen molar-refractivity contribution in [2.75, 3.05) is 32.7 Å². The topological polar surface area (TPSA) is 61.9 Å². The van der Waals surface area contributed by atoms with Crippen molar-refractivity contribution < 1.29 is 14.3 Å². The quantitative estimate of drug-likeness (QED) is 0.680. The normalized spacial score (nSPS) is 14.4. The number of nitrogens with zero attached hydrogens (tertiary/aromatic N) is 2. The summed E-state index contributed by atoms with van der Waals surface area (Å²) in [6.45, 7) is 7.07. The number of aryl methyl sites for hydroxylation is 1. The van der Waals surface area contributed by atoms with E-state index >= 15 is 0 Å². The third kappa shape index (κ3) is 6.88. The highest BCUT2D eigenvalue weighted by atomic mass is 16.5. The lowest BCUT2D eigenvalue weighted by atomic mass is 10.1. The van der Waals surface area contributed by atoms with Gasteiger partial charge in [-0.2, -0.15) is 0 Å². The molecule has 3 rings (SSSR count). The lowest BCUT2D eigenvalue weighted by molar-refractivity contribution is -0.133. The first-order chi connectivity index (χ1) is 14.6. The summed E-state index contributed by atoms with van der Waals surface area (Å²) in [5.41, 5.74) is 3.61. The Morgan fingerprint density at radius 3 is 2.40 bits per heavy atom. The van der Waals surface area contributed by atoms with Crippen LogP contribution in [0.1, 0.15) is 29.5 Å². The van der Waals surface area contributed by atoms with Gasteiger partial charge in [0, 0.05) is 45.7 Å². The summed E-state index contributed by atoms with van der Waals surface area (Å²) in [5, 5.41) is 2.71. The van der Waals surface area contributed by atoms with E-state index in [1.165, 1.54) is 11.1 Å². The Balaban J connectivity index is 1.28. The lowest BCUT2D eigenvalue weighted by Crippen LogP contribution is -2.48. The number of benzene rings is 2. The van der Waals surface area contributed by atoms with E-state index in [4.69, 9.17) is 4.74 Å². The zero-order chi connectivity index (χ0) is 21.2. The van der Waals surface area contributed by atoms with E-state index in [2.05, 4.69) is 41.4 Å². The highest BCUT2D eigenvalue weighted by molar-refractivity contribution is 5.76. The molecule has 2 amide bonds. The molecule has 0 bridgehead atoms. The molecule has 1 aliphatic heterocycles. The Hall–Kier alpha value is -2.86. The molecule has 0 unspecified atom stereocenters. The average molecular weight is 410 g/mol. The number of ether oxygens (including phenoxy) is 1. The number of amides is 2. The molecule has 0 aliphatic carbocycles. The van der Waals surface area contributed by atoms with Crippen LogP contribution in [0.15, 0.2) is 54.6 Å². The van der Waals surface area contributed by atoms with Crippen LogP contribution in [-0.4, -0.2) is 54.5 Å². The van der Waals surface area contributed by atoms with Gasteiger partial charge in [0.05, 0.1) is 0 Å². The fourth-order valence-corrected chi connectivity index (χ4v) is 3.55. The smallest absolute Gasteiger partial charge is 0.407 e. The molecule has 0 radical (unpaired) electrons. The predicted molar refractivity (Wildman–Crippen MR) is 117 cm³/mol. The highest BCUT2D eigenvalue weighted by Gasteiger charge is 2.21. The van der Waals surface area contributed by atoms with Gasteiger partial charge in [0.25, 0.3) is 0 Å². The van der Waals surface area contributed by atoms with Crippen molar-refractivity contribution in [3.05, 3.63) is 71.3 Å². The van der Waals surface area contributed by atoms with Crippen molar-refractivity contribution in [3.8, 4) is 0 Å². The van der Waals surface area contributed by atoms with Crippen molar-refractivity contribution in [2.24, 2.45) is 0 Å². The van der Waals surface area contributed by atoms with Crippen molar-refractivity contribution in [1.82, 2.24) is 15.1 Å². The summed E-state index contributed by atoms with van der Waals surface area (Å²) in [6, 6.07) is 18.0. The first kappa shape index (κ1) is 21.8. The second-order valence-electron chi connectivity index (χ2n) is 7.68. The van der Waals surface area contributed by atoms with E-state index in [0.29, 0.717) is 19.4 Å². The van der Waals surface area contributed by atoms with Crippen LogP contribution in [0.3, 0.4) is 0 Å². The maximum Gasteiger partial charge on any atom is 0.407 e. The fraction of sp³-hybridized carbons (Fsp3) is 0.417. The monoisotopic (exact) mass is 409 g/mol. The lowest BCUT2D eigenvalue weighted by Gasteiger charge is -2.35. The Bertz CT molecular complexity index is 817. The van der Waals surface area contributed by atoms with Crippen molar-refractivity contribution in [1.29, 1.82) is 0 Å². The number of carbonyl (C=O) groups is 2. The van der Waals surface area contributed by atoms with Crippen LogP contribution in [-0.2, 0) is 22.7 Å². The van der Waals surface area contributed by atoms with Gasteiger partial charge >= 0.3 is 6.09 Å². The second kappa shape index (κ2) is 11.4. The van der Waals surface area contributed by atoms with E-state index in [1.54, 1.807) is 0 Å². The number of piperazine rings is 1. The number of carbonyl (C=O) groups excluding carboxylic acids is 2. The standard InChI is InChI=1S/C24H31N3O3/c1-20-8-5-6-11-22(20)18-26-14-16-27(17-15-26)23(28)12-7-13-25-24(29)30-19-21-9-3-2-4-10-21/h2-6,8-11H,7,12-19H2,1H3,(H,25,29). The molecule has 2 aromatic carbocycles. The average Bonchev–Trinajstić information content (AvgIpc) is 2.78. The zero-order valence-corrected chi connectivity index (χ0v) is 17.7. The molecule has 1 fully saturated rings. The third-order valence-electron chi connectivity index (χ3n) is 5.43. The van der Waals surface area contributed by atoms with Gasteiger partial charge in [-0.1, -0.05) is 54.6 Å². The summed E-state index contributed by atoms with van der Waals surface area (Å²) < 4.78 is 5.17. The summed E-state index contributed by atoms with van der Waals surface area (Å²) in [6.07, 6.45) is 0.607. The highest BCUT2D eigenvalue weighted by Crippen LogP contribution is 2.13. The zero-order valence-electron chi connectivity index (χ0n) is 17.7. The Labute approximate surface area is 178 Å².